The van der Waals surface area contributed by atoms with Gasteiger partial charge in [-0.3, -0.25) is 9.59 Å². The number of hydrogen-bond acceptors (Lipinski definition) is 3. The lowest BCUT2D eigenvalue weighted by atomic mass is 10.2. The Kier molecular flexibility index (Phi) is 3.81. The molecule has 1 aliphatic carbocycles. The minimum Gasteiger partial charge on any atom is -0.377 e. The first-order chi connectivity index (χ1) is 7.72. The summed E-state index contributed by atoms with van der Waals surface area (Å²) in [6.07, 6.45) is 2.09. The van der Waals surface area contributed by atoms with Crippen LogP contribution >= 0.6 is 15.9 Å². The second-order valence-electron chi connectivity index (χ2n) is 4.09. The highest BCUT2D eigenvalue weighted by molar-refractivity contribution is 9.09. The summed E-state index contributed by atoms with van der Waals surface area (Å²) >= 11 is 3.13. The number of hydrogen-bond donors (Lipinski definition) is 1. The Morgan fingerprint density at radius 2 is 2.19 bits per heavy atom. The first kappa shape index (κ1) is 11.9. The molecule has 0 bridgehead atoms. The monoisotopic (exact) mass is 290 g/mol. The van der Waals surface area contributed by atoms with Crippen LogP contribution in [0.2, 0.25) is 0 Å². The molecule has 0 aromatic carbocycles. The van der Waals surface area contributed by atoms with Gasteiger partial charge >= 0.3 is 0 Å². The SMILES string of the molecule is O=C(NC1CC1)C1COCCN1C(=O)CBr. The predicted molar refractivity (Wildman–Crippen MR) is 61.3 cm³/mol. The average Bonchev–Trinajstić information content (AvgIpc) is 3.12. The van der Waals surface area contributed by atoms with Crippen LogP contribution in [0.15, 0.2) is 0 Å². The van der Waals surface area contributed by atoms with Gasteiger partial charge in [0.15, 0.2) is 0 Å². The van der Waals surface area contributed by atoms with Gasteiger partial charge in [0, 0.05) is 12.6 Å². The summed E-state index contributed by atoms with van der Waals surface area (Å²) < 4.78 is 5.26. The number of carbonyl (C=O) groups excluding carboxylic acids is 2. The number of ether oxygens (including phenoxy) is 1. The summed E-state index contributed by atoms with van der Waals surface area (Å²) in [6, 6.07) is -0.144. The third-order valence-electron chi connectivity index (χ3n) is 2.79. The molecule has 0 aromatic rings. The minimum atomic E-state index is -0.459. The Hall–Kier alpha value is -0.620. The molecule has 0 radical (unpaired) electrons. The molecule has 1 saturated heterocycles. The van der Waals surface area contributed by atoms with Crippen molar-refractivity contribution in [3.63, 3.8) is 0 Å². The molecule has 0 spiro atoms. The summed E-state index contributed by atoms with van der Waals surface area (Å²) in [5.41, 5.74) is 0. The Balaban J connectivity index is 1.96. The summed E-state index contributed by atoms with van der Waals surface area (Å²) in [7, 11) is 0. The zero-order valence-electron chi connectivity index (χ0n) is 8.95. The lowest BCUT2D eigenvalue weighted by Gasteiger charge is -2.34. The number of carbonyl (C=O) groups is 2. The number of nitrogens with zero attached hydrogens (tertiary/aromatic N) is 1. The lowest BCUT2D eigenvalue weighted by molar-refractivity contribution is -0.146. The molecule has 0 aromatic heterocycles. The number of amides is 2. The highest BCUT2D eigenvalue weighted by atomic mass is 79.9. The van der Waals surface area contributed by atoms with Crippen LogP contribution in [-0.4, -0.2) is 53.9 Å². The molecule has 1 saturated carbocycles. The van der Waals surface area contributed by atoms with Crippen molar-refractivity contribution in [3.8, 4) is 0 Å². The quantitative estimate of drug-likeness (QED) is 0.738. The third kappa shape index (κ3) is 2.74. The van der Waals surface area contributed by atoms with Gasteiger partial charge in [-0.1, -0.05) is 15.9 Å². The molecule has 5 nitrogen and oxygen atoms in total. The normalized spacial score (nSPS) is 25.3. The Bertz CT molecular complexity index is 294. The number of nitrogens with one attached hydrogen (secondary N) is 1. The highest BCUT2D eigenvalue weighted by Crippen LogP contribution is 2.19. The van der Waals surface area contributed by atoms with E-state index in [2.05, 4.69) is 21.2 Å². The lowest BCUT2D eigenvalue weighted by Crippen LogP contribution is -2.56. The van der Waals surface area contributed by atoms with E-state index in [9.17, 15) is 9.59 Å². The molecule has 6 heteroatoms. The second kappa shape index (κ2) is 5.14. The number of alkyl halides is 1. The molecular weight excluding hydrogens is 276 g/mol. The van der Waals surface area contributed by atoms with Gasteiger partial charge in [-0.25, -0.2) is 0 Å². The fourth-order valence-corrected chi connectivity index (χ4v) is 2.04. The number of morpholine rings is 1. The van der Waals surface area contributed by atoms with Crippen LogP contribution in [0.25, 0.3) is 0 Å². The van der Waals surface area contributed by atoms with Gasteiger partial charge in [-0.15, -0.1) is 0 Å². The topological polar surface area (TPSA) is 58.6 Å². The van der Waals surface area contributed by atoms with Crippen molar-refractivity contribution in [3.05, 3.63) is 0 Å². The first-order valence-electron chi connectivity index (χ1n) is 5.46. The largest absolute Gasteiger partial charge is 0.377 e. The molecule has 1 aliphatic heterocycles. The summed E-state index contributed by atoms with van der Waals surface area (Å²) in [5.74, 6) is -0.143. The van der Waals surface area contributed by atoms with E-state index < -0.39 is 6.04 Å². The Morgan fingerprint density at radius 1 is 1.44 bits per heavy atom. The van der Waals surface area contributed by atoms with E-state index in [1.807, 2.05) is 0 Å². The Labute approximate surface area is 103 Å². The number of rotatable bonds is 3. The second-order valence-corrected chi connectivity index (χ2v) is 4.66. The maximum atomic E-state index is 11.9. The zero-order valence-corrected chi connectivity index (χ0v) is 10.5. The van der Waals surface area contributed by atoms with E-state index in [0.717, 1.165) is 12.8 Å². The molecule has 2 amide bonds. The zero-order chi connectivity index (χ0) is 11.5. The minimum absolute atomic E-state index is 0.0563. The van der Waals surface area contributed by atoms with Gasteiger partial charge in [0.1, 0.15) is 6.04 Å². The van der Waals surface area contributed by atoms with Gasteiger partial charge in [0.25, 0.3) is 0 Å². The molecule has 2 rings (SSSR count). The van der Waals surface area contributed by atoms with Crippen LogP contribution in [0.3, 0.4) is 0 Å². The van der Waals surface area contributed by atoms with Crippen molar-refractivity contribution in [1.29, 1.82) is 0 Å². The Morgan fingerprint density at radius 3 is 2.81 bits per heavy atom. The average molecular weight is 291 g/mol. The predicted octanol–water partition coefficient (Wildman–Crippen LogP) is -0.113. The van der Waals surface area contributed by atoms with Crippen molar-refractivity contribution in [1.82, 2.24) is 10.2 Å². The maximum Gasteiger partial charge on any atom is 0.245 e. The summed E-state index contributed by atoms with van der Waals surface area (Å²) in [5, 5.41) is 3.15. The molecule has 2 fully saturated rings. The van der Waals surface area contributed by atoms with Crippen molar-refractivity contribution in [2.24, 2.45) is 0 Å². The third-order valence-corrected chi connectivity index (χ3v) is 3.27. The first-order valence-corrected chi connectivity index (χ1v) is 6.58. The molecule has 90 valence electrons. The van der Waals surface area contributed by atoms with Crippen LogP contribution in [0.5, 0.6) is 0 Å². The molecule has 1 atom stereocenters. The van der Waals surface area contributed by atoms with Gasteiger partial charge in [-0.2, -0.15) is 0 Å². The smallest absolute Gasteiger partial charge is 0.245 e. The van der Waals surface area contributed by atoms with Crippen LogP contribution in [0, 0.1) is 0 Å². The maximum absolute atomic E-state index is 11.9. The van der Waals surface area contributed by atoms with Crippen molar-refractivity contribution >= 4 is 27.7 Å². The molecule has 1 heterocycles. The number of halogens is 1. The molecule has 1 N–H and O–H groups in total. The van der Waals surface area contributed by atoms with Crippen LogP contribution in [-0.2, 0) is 14.3 Å². The van der Waals surface area contributed by atoms with Crippen molar-refractivity contribution in [2.45, 2.75) is 24.9 Å². The van der Waals surface area contributed by atoms with Crippen LogP contribution in [0.4, 0.5) is 0 Å². The van der Waals surface area contributed by atoms with Crippen molar-refractivity contribution < 1.29 is 14.3 Å². The highest BCUT2D eigenvalue weighted by Gasteiger charge is 2.34. The molecule has 1 unspecified atom stereocenters. The van der Waals surface area contributed by atoms with E-state index in [0.29, 0.717) is 25.8 Å². The van der Waals surface area contributed by atoms with E-state index >= 15 is 0 Å². The van der Waals surface area contributed by atoms with E-state index in [1.54, 1.807) is 4.90 Å². The standard InChI is InChI=1S/C10H15BrN2O3/c11-5-9(14)13-3-4-16-6-8(13)10(15)12-7-1-2-7/h7-8H,1-6H2,(H,12,15). The van der Waals surface area contributed by atoms with E-state index in [1.165, 1.54) is 0 Å². The summed E-state index contributed by atoms with van der Waals surface area (Å²) in [4.78, 5) is 25.1. The fraction of sp³-hybridized carbons (Fsp3) is 0.800. The molecular formula is C10H15BrN2O3. The van der Waals surface area contributed by atoms with Gasteiger partial charge < -0.3 is 15.0 Å². The van der Waals surface area contributed by atoms with Crippen LogP contribution in [0.1, 0.15) is 12.8 Å². The molecule has 2 aliphatic rings. The molecule has 16 heavy (non-hydrogen) atoms. The van der Waals surface area contributed by atoms with Gasteiger partial charge in [0.05, 0.1) is 18.5 Å². The summed E-state index contributed by atoms with van der Waals surface area (Å²) in [6.45, 7) is 1.30. The van der Waals surface area contributed by atoms with E-state index in [-0.39, 0.29) is 17.1 Å². The van der Waals surface area contributed by atoms with Crippen LogP contribution < -0.4 is 5.32 Å². The van der Waals surface area contributed by atoms with Crippen molar-refractivity contribution in [2.75, 3.05) is 25.1 Å². The van der Waals surface area contributed by atoms with E-state index in [4.69, 9.17) is 4.74 Å². The van der Waals surface area contributed by atoms with Gasteiger partial charge in [0.2, 0.25) is 11.8 Å². The van der Waals surface area contributed by atoms with Gasteiger partial charge in [-0.05, 0) is 12.8 Å². The fourth-order valence-electron chi connectivity index (χ4n) is 1.72.